The highest BCUT2D eigenvalue weighted by Gasteiger charge is 2.45. The van der Waals surface area contributed by atoms with Gasteiger partial charge in [0.1, 0.15) is 0 Å². The van der Waals surface area contributed by atoms with Crippen LogP contribution in [-0.2, 0) is 0 Å². The molecule has 2 fully saturated rings. The van der Waals surface area contributed by atoms with Gasteiger partial charge in [-0.05, 0) is 35.3 Å². The number of hydrogen-bond donors (Lipinski definition) is 1. The van der Waals surface area contributed by atoms with Crippen molar-refractivity contribution >= 4 is 0 Å². The molecule has 2 aliphatic rings. The normalized spacial score (nSPS) is 26.3. The van der Waals surface area contributed by atoms with Gasteiger partial charge < -0.3 is 5.32 Å². The van der Waals surface area contributed by atoms with Gasteiger partial charge in [0.2, 0.25) is 0 Å². The highest BCUT2D eigenvalue weighted by molar-refractivity contribution is 5.30. The molecule has 1 heterocycles. The van der Waals surface area contributed by atoms with E-state index in [-0.39, 0.29) is 0 Å². The molecule has 0 bridgehead atoms. The Morgan fingerprint density at radius 3 is 2.39 bits per heavy atom. The predicted octanol–water partition coefficient (Wildman–Crippen LogP) is 4.06. The number of benzene rings is 1. The van der Waals surface area contributed by atoms with Crippen molar-refractivity contribution in [3.8, 4) is 0 Å². The van der Waals surface area contributed by atoms with Crippen LogP contribution in [0.3, 0.4) is 0 Å². The molecule has 1 saturated carbocycles. The molecular formula is C17H25N. The fraction of sp³-hybridized carbons (Fsp3) is 0.647. The molecule has 1 saturated heterocycles. The summed E-state index contributed by atoms with van der Waals surface area (Å²) in [6.45, 7) is 6.96. The number of hydrogen-bond acceptors (Lipinski definition) is 1. The lowest BCUT2D eigenvalue weighted by Crippen LogP contribution is -2.25. The van der Waals surface area contributed by atoms with E-state index in [4.69, 9.17) is 0 Å². The number of nitrogens with one attached hydrogen (secondary N) is 1. The van der Waals surface area contributed by atoms with Gasteiger partial charge in [-0.3, -0.25) is 0 Å². The quantitative estimate of drug-likeness (QED) is 0.826. The molecule has 1 aliphatic carbocycles. The summed E-state index contributed by atoms with van der Waals surface area (Å²) in [5.74, 6) is 1.39. The summed E-state index contributed by atoms with van der Waals surface area (Å²) in [6.07, 6.45) is 5.72. The first-order valence-electron chi connectivity index (χ1n) is 7.52. The molecule has 18 heavy (non-hydrogen) atoms. The summed E-state index contributed by atoms with van der Waals surface area (Å²) in [6, 6.07) is 9.43. The van der Waals surface area contributed by atoms with Gasteiger partial charge in [0.05, 0.1) is 0 Å². The van der Waals surface area contributed by atoms with Gasteiger partial charge >= 0.3 is 0 Å². The second-order valence-electron chi connectivity index (χ2n) is 6.57. The Labute approximate surface area is 111 Å². The molecule has 1 aromatic rings. The first-order valence-corrected chi connectivity index (χ1v) is 7.52. The third-order valence-electron chi connectivity index (χ3n) is 5.17. The van der Waals surface area contributed by atoms with Crippen LogP contribution in [0.4, 0.5) is 0 Å². The van der Waals surface area contributed by atoms with Crippen LogP contribution < -0.4 is 5.32 Å². The van der Waals surface area contributed by atoms with Gasteiger partial charge in [-0.2, -0.15) is 0 Å². The van der Waals surface area contributed by atoms with E-state index in [1.807, 2.05) is 0 Å². The summed E-state index contributed by atoms with van der Waals surface area (Å²) in [5, 5.41) is 3.64. The SMILES string of the molecule is CC(C)c1ccc(C2CNCC23CCCC3)cc1. The summed E-state index contributed by atoms with van der Waals surface area (Å²) in [4.78, 5) is 0. The van der Waals surface area contributed by atoms with Crippen LogP contribution in [-0.4, -0.2) is 13.1 Å². The standard InChI is InChI=1S/C17H25N/c1-13(2)14-5-7-15(8-6-14)16-11-18-12-17(16)9-3-4-10-17/h5-8,13,16,18H,3-4,9-12H2,1-2H3. The minimum Gasteiger partial charge on any atom is -0.316 e. The molecule has 1 unspecified atom stereocenters. The van der Waals surface area contributed by atoms with Crippen LogP contribution in [0.2, 0.25) is 0 Å². The molecular weight excluding hydrogens is 218 g/mol. The van der Waals surface area contributed by atoms with E-state index in [9.17, 15) is 0 Å². The molecule has 0 amide bonds. The molecule has 1 nitrogen and oxygen atoms in total. The van der Waals surface area contributed by atoms with Crippen LogP contribution in [0, 0.1) is 5.41 Å². The first-order chi connectivity index (χ1) is 8.71. The Balaban J connectivity index is 1.85. The van der Waals surface area contributed by atoms with Gasteiger partial charge in [0, 0.05) is 19.0 Å². The topological polar surface area (TPSA) is 12.0 Å². The lowest BCUT2D eigenvalue weighted by Gasteiger charge is -2.30. The fourth-order valence-corrected chi connectivity index (χ4v) is 3.99. The van der Waals surface area contributed by atoms with Crippen molar-refractivity contribution in [2.75, 3.05) is 13.1 Å². The predicted molar refractivity (Wildman–Crippen MR) is 77.0 cm³/mol. The maximum Gasteiger partial charge on any atom is 0.00320 e. The molecule has 1 atom stereocenters. The summed E-state index contributed by atoms with van der Waals surface area (Å²) >= 11 is 0. The van der Waals surface area contributed by atoms with Gasteiger partial charge in [0.25, 0.3) is 0 Å². The number of rotatable bonds is 2. The Bertz CT molecular complexity index is 393. The van der Waals surface area contributed by atoms with Crippen LogP contribution >= 0.6 is 0 Å². The van der Waals surface area contributed by atoms with Crippen LogP contribution in [0.15, 0.2) is 24.3 Å². The minimum absolute atomic E-state index is 0.583. The summed E-state index contributed by atoms with van der Waals surface area (Å²) in [5.41, 5.74) is 3.61. The zero-order valence-corrected chi connectivity index (χ0v) is 11.7. The van der Waals surface area contributed by atoms with Crippen molar-refractivity contribution in [3.05, 3.63) is 35.4 Å². The van der Waals surface area contributed by atoms with Crippen LogP contribution in [0.5, 0.6) is 0 Å². The zero-order chi connectivity index (χ0) is 12.6. The third-order valence-corrected chi connectivity index (χ3v) is 5.17. The minimum atomic E-state index is 0.583. The molecule has 0 radical (unpaired) electrons. The summed E-state index contributed by atoms with van der Waals surface area (Å²) in [7, 11) is 0. The van der Waals surface area contributed by atoms with Gasteiger partial charge in [-0.15, -0.1) is 0 Å². The highest BCUT2D eigenvalue weighted by atomic mass is 14.9. The van der Waals surface area contributed by atoms with E-state index in [1.54, 1.807) is 5.56 Å². The molecule has 98 valence electrons. The lowest BCUT2D eigenvalue weighted by molar-refractivity contribution is 0.295. The smallest absolute Gasteiger partial charge is 0.00320 e. The van der Waals surface area contributed by atoms with Crippen molar-refractivity contribution in [2.45, 2.75) is 51.4 Å². The van der Waals surface area contributed by atoms with Crippen molar-refractivity contribution in [2.24, 2.45) is 5.41 Å². The fourth-order valence-electron chi connectivity index (χ4n) is 3.99. The maximum atomic E-state index is 3.64. The molecule has 3 rings (SSSR count). The van der Waals surface area contributed by atoms with E-state index in [2.05, 4.69) is 43.4 Å². The largest absolute Gasteiger partial charge is 0.316 e. The van der Waals surface area contributed by atoms with Gasteiger partial charge in [0.15, 0.2) is 0 Å². The second kappa shape index (κ2) is 4.70. The van der Waals surface area contributed by atoms with Gasteiger partial charge in [-0.1, -0.05) is 51.0 Å². The molecule has 1 heteroatoms. The van der Waals surface area contributed by atoms with E-state index in [0.29, 0.717) is 11.3 Å². The molecule has 1 aromatic carbocycles. The monoisotopic (exact) mass is 243 g/mol. The van der Waals surface area contributed by atoms with E-state index in [0.717, 1.165) is 5.92 Å². The van der Waals surface area contributed by atoms with Crippen molar-refractivity contribution < 1.29 is 0 Å². The summed E-state index contributed by atoms with van der Waals surface area (Å²) < 4.78 is 0. The maximum absolute atomic E-state index is 3.64. The molecule has 1 aliphatic heterocycles. The zero-order valence-electron chi connectivity index (χ0n) is 11.7. The second-order valence-corrected chi connectivity index (χ2v) is 6.57. The van der Waals surface area contributed by atoms with Crippen LogP contribution in [0.1, 0.15) is 62.5 Å². The Morgan fingerprint density at radius 2 is 1.78 bits per heavy atom. The third kappa shape index (κ3) is 1.99. The van der Waals surface area contributed by atoms with Crippen molar-refractivity contribution in [3.63, 3.8) is 0 Å². The van der Waals surface area contributed by atoms with Gasteiger partial charge in [-0.25, -0.2) is 0 Å². The molecule has 1 N–H and O–H groups in total. The van der Waals surface area contributed by atoms with E-state index < -0.39 is 0 Å². The molecule has 1 spiro atoms. The van der Waals surface area contributed by atoms with Crippen LogP contribution in [0.25, 0.3) is 0 Å². The van der Waals surface area contributed by atoms with Crippen molar-refractivity contribution in [1.29, 1.82) is 0 Å². The molecule has 0 aromatic heterocycles. The average molecular weight is 243 g/mol. The van der Waals surface area contributed by atoms with E-state index in [1.165, 1.54) is 44.3 Å². The Hall–Kier alpha value is -0.820. The van der Waals surface area contributed by atoms with E-state index >= 15 is 0 Å². The first kappa shape index (κ1) is 12.2. The highest BCUT2D eigenvalue weighted by Crippen LogP contribution is 2.50. The average Bonchev–Trinajstić information content (AvgIpc) is 3.01. The van der Waals surface area contributed by atoms with Crippen molar-refractivity contribution in [1.82, 2.24) is 5.32 Å². The Kier molecular flexibility index (Phi) is 3.19. The Morgan fingerprint density at radius 1 is 1.11 bits per heavy atom. The lowest BCUT2D eigenvalue weighted by atomic mass is 9.73.